The van der Waals surface area contributed by atoms with Gasteiger partial charge in [0.25, 0.3) is 5.91 Å². The van der Waals surface area contributed by atoms with Gasteiger partial charge < -0.3 is 15.1 Å². The van der Waals surface area contributed by atoms with Crippen LogP contribution in [0.25, 0.3) is 11.3 Å². The Bertz CT molecular complexity index is 813. The van der Waals surface area contributed by atoms with Gasteiger partial charge in [-0.1, -0.05) is 25.0 Å². The molecule has 7 nitrogen and oxygen atoms in total. The minimum Gasteiger partial charge on any atom is -0.507 e. The van der Waals surface area contributed by atoms with Crippen molar-refractivity contribution < 1.29 is 15.0 Å². The van der Waals surface area contributed by atoms with E-state index in [2.05, 4.69) is 15.1 Å². The van der Waals surface area contributed by atoms with Crippen LogP contribution >= 0.6 is 0 Å². The Morgan fingerprint density at radius 1 is 1.11 bits per heavy atom. The van der Waals surface area contributed by atoms with Crippen LogP contribution in [-0.2, 0) is 0 Å². The van der Waals surface area contributed by atoms with Gasteiger partial charge in [0.1, 0.15) is 11.4 Å². The number of piperidine rings is 1. The highest BCUT2D eigenvalue weighted by Crippen LogP contribution is 2.28. The molecule has 1 aromatic carbocycles. The molecule has 2 aromatic rings. The summed E-state index contributed by atoms with van der Waals surface area (Å²) >= 11 is 0. The van der Waals surface area contributed by atoms with Crippen molar-refractivity contribution >= 4 is 5.91 Å². The molecule has 150 valence electrons. The quantitative estimate of drug-likeness (QED) is 0.755. The Morgan fingerprint density at radius 2 is 1.86 bits per heavy atom. The molecular formula is C21H28N4O3. The number of hydrogen-bond donors (Lipinski definition) is 3. The van der Waals surface area contributed by atoms with E-state index in [-0.39, 0.29) is 17.7 Å². The van der Waals surface area contributed by atoms with Gasteiger partial charge in [0, 0.05) is 24.7 Å². The molecule has 3 N–H and O–H groups in total. The Labute approximate surface area is 165 Å². The van der Waals surface area contributed by atoms with Gasteiger partial charge in [-0.15, -0.1) is 0 Å². The number of phenols is 1. The van der Waals surface area contributed by atoms with E-state index >= 15 is 0 Å². The predicted octanol–water partition coefficient (Wildman–Crippen LogP) is 2.23. The molecule has 0 aliphatic carbocycles. The number of hydrogen-bond acceptors (Lipinski definition) is 5. The van der Waals surface area contributed by atoms with Gasteiger partial charge >= 0.3 is 0 Å². The van der Waals surface area contributed by atoms with E-state index < -0.39 is 6.10 Å². The number of benzene rings is 1. The fourth-order valence-corrected chi connectivity index (χ4v) is 4.39. The van der Waals surface area contributed by atoms with Crippen LogP contribution in [-0.4, -0.2) is 74.4 Å². The molecule has 28 heavy (non-hydrogen) atoms. The number of β-amino-alcohol motifs (C(OH)–C–C–N with tert-alkyl or cyclic N) is 1. The number of aliphatic hydroxyl groups excluding tert-OH is 1. The lowest BCUT2D eigenvalue weighted by atomic mass is 9.99. The molecule has 0 unspecified atom stereocenters. The monoisotopic (exact) mass is 384 g/mol. The van der Waals surface area contributed by atoms with Gasteiger partial charge in [0.2, 0.25) is 0 Å². The molecule has 2 aliphatic heterocycles. The molecule has 2 atom stereocenters. The molecule has 7 heteroatoms. The molecule has 2 aliphatic rings. The highest BCUT2D eigenvalue weighted by Gasteiger charge is 2.34. The van der Waals surface area contributed by atoms with Crippen molar-refractivity contribution in [2.45, 2.75) is 44.2 Å². The molecule has 0 radical (unpaired) electrons. The van der Waals surface area contributed by atoms with E-state index in [1.54, 1.807) is 29.2 Å². The number of phenolic OH excluding ortho intramolecular Hbond substituents is 1. The lowest BCUT2D eigenvalue weighted by Crippen LogP contribution is -2.55. The summed E-state index contributed by atoms with van der Waals surface area (Å²) in [5.74, 6) is -0.0378. The van der Waals surface area contributed by atoms with Gasteiger partial charge in [-0.25, -0.2) is 0 Å². The number of rotatable bonds is 3. The third-order valence-electron chi connectivity index (χ3n) is 5.93. The highest BCUT2D eigenvalue weighted by molar-refractivity contribution is 5.93. The van der Waals surface area contributed by atoms with Gasteiger partial charge in [0.05, 0.1) is 11.8 Å². The zero-order valence-corrected chi connectivity index (χ0v) is 16.0. The summed E-state index contributed by atoms with van der Waals surface area (Å²) in [4.78, 5) is 17.0. The van der Waals surface area contributed by atoms with Crippen molar-refractivity contribution in [3.8, 4) is 17.0 Å². The number of amides is 1. The minimum absolute atomic E-state index is 0.127. The normalized spacial score (nSPS) is 24.1. The van der Waals surface area contributed by atoms with Crippen molar-refractivity contribution in [3.63, 3.8) is 0 Å². The van der Waals surface area contributed by atoms with Crippen molar-refractivity contribution in [1.29, 1.82) is 0 Å². The van der Waals surface area contributed by atoms with E-state index in [0.717, 1.165) is 19.5 Å². The number of aliphatic hydroxyl groups is 1. The Hall–Kier alpha value is -2.38. The van der Waals surface area contributed by atoms with Crippen LogP contribution in [0.1, 0.15) is 42.6 Å². The molecule has 0 bridgehead atoms. The van der Waals surface area contributed by atoms with Crippen LogP contribution in [0.15, 0.2) is 30.3 Å². The average molecular weight is 384 g/mol. The van der Waals surface area contributed by atoms with Gasteiger partial charge in [0.15, 0.2) is 0 Å². The van der Waals surface area contributed by atoms with E-state index in [1.165, 1.54) is 25.7 Å². The summed E-state index contributed by atoms with van der Waals surface area (Å²) < 4.78 is 0. The van der Waals surface area contributed by atoms with E-state index in [4.69, 9.17) is 0 Å². The first-order valence-electron chi connectivity index (χ1n) is 10.2. The van der Waals surface area contributed by atoms with E-state index in [1.807, 2.05) is 6.07 Å². The third-order valence-corrected chi connectivity index (χ3v) is 5.93. The number of aromatic nitrogens is 2. The molecule has 2 saturated heterocycles. The summed E-state index contributed by atoms with van der Waals surface area (Å²) in [5, 5.41) is 27.6. The Balaban J connectivity index is 1.42. The summed E-state index contributed by atoms with van der Waals surface area (Å²) in [7, 11) is 0. The van der Waals surface area contributed by atoms with Crippen LogP contribution in [0.3, 0.4) is 0 Å². The standard InChI is InChI=1S/C21H28N4O3/c26-19-8-4-3-7-15(19)16-13-17(23-22-16)21(28)25-12-9-18(20(27)14-25)24-10-5-1-2-6-11-24/h3-4,7-8,13,18,20,26-27H,1-2,5-6,9-12,14H2,(H,22,23)/t18-,20-/m1/s1. The second-order valence-electron chi connectivity index (χ2n) is 7.81. The lowest BCUT2D eigenvalue weighted by Gasteiger charge is -2.41. The van der Waals surface area contributed by atoms with Crippen molar-refractivity contribution in [1.82, 2.24) is 20.0 Å². The fourth-order valence-electron chi connectivity index (χ4n) is 4.39. The third kappa shape index (κ3) is 3.91. The summed E-state index contributed by atoms with van der Waals surface area (Å²) in [6.07, 6.45) is 5.17. The second-order valence-corrected chi connectivity index (χ2v) is 7.81. The summed E-state index contributed by atoms with van der Waals surface area (Å²) in [5.41, 5.74) is 1.48. The molecule has 0 spiro atoms. The topological polar surface area (TPSA) is 92.7 Å². The van der Waals surface area contributed by atoms with Crippen LogP contribution in [0.5, 0.6) is 5.75 Å². The first-order valence-corrected chi connectivity index (χ1v) is 10.2. The number of carbonyl (C=O) groups is 1. The number of para-hydroxylation sites is 1. The summed E-state index contributed by atoms with van der Waals surface area (Å²) in [6, 6.07) is 8.71. The van der Waals surface area contributed by atoms with Gasteiger partial charge in [-0.3, -0.25) is 14.8 Å². The number of nitrogens with one attached hydrogen (secondary N) is 1. The minimum atomic E-state index is -0.531. The van der Waals surface area contributed by atoms with Gasteiger partial charge in [-0.2, -0.15) is 5.10 Å². The van der Waals surface area contributed by atoms with Crippen molar-refractivity contribution in [3.05, 3.63) is 36.0 Å². The number of likely N-dealkylation sites (tertiary alicyclic amines) is 2. The van der Waals surface area contributed by atoms with Crippen molar-refractivity contribution in [2.24, 2.45) is 0 Å². The van der Waals surface area contributed by atoms with Gasteiger partial charge in [-0.05, 0) is 50.6 Å². The fraction of sp³-hybridized carbons (Fsp3) is 0.524. The van der Waals surface area contributed by atoms with Crippen molar-refractivity contribution in [2.75, 3.05) is 26.2 Å². The molecule has 4 rings (SSSR count). The maximum Gasteiger partial charge on any atom is 0.271 e. The maximum atomic E-state index is 12.9. The zero-order valence-electron chi connectivity index (χ0n) is 16.0. The van der Waals surface area contributed by atoms with Crippen LogP contribution in [0, 0.1) is 0 Å². The molecule has 0 saturated carbocycles. The lowest BCUT2D eigenvalue weighted by molar-refractivity contribution is -0.00823. The number of aromatic amines is 1. The second kappa shape index (κ2) is 8.32. The average Bonchev–Trinajstić information content (AvgIpc) is 3.03. The van der Waals surface area contributed by atoms with Crippen LogP contribution in [0.2, 0.25) is 0 Å². The first-order chi connectivity index (χ1) is 13.6. The maximum absolute atomic E-state index is 12.9. The molecule has 2 fully saturated rings. The number of H-pyrrole nitrogens is 1. The van der Waals surface area contributed by atoms with E-state index in [0.29, 0.717) is 30.0 Å². The molecule has 3 heterocycles. The number of nitrogens with zero attached hydrogens (tertiary/aromatic N) is 3. The van der Waals surface area contributed by atoms with Crippen LogP contribution in [0.4, 0.5) is 0 Å². The van der Waals surface area contributed by atoms with E-state index in [9.17, 15) is 15.0 Å². The number of carbonyl (C=O) groups excluding carboxylic acids is 1. The van der Waals surface area contributed by atoms with Crippen LogP contribution < -0.4 is 0 Å². The predicted molar refractivity (Wildman–Crippen MR) is 106 cm³/mol. The first kappa shape index (κ1) is 19.0. The molecular weight excluding hydrogens is 356 g/mol. The SMILES string of the molecule is O=C(c1cc(-c2ccccc2O)n[nH]1)N1CC[C@@H](N2CCCCCC2)[C@H](O)C1. The largest absolute Gasteiger partial charge is 0.507 e. The zero-order chi connectivity index (χ0) is 19.5. The highest BCUT2D eigenvalue weighted by atomic mass is 16.3. The molecule has 1 amide bonds. The summed E-state index contributed by atoms with van der Waals surface area (Å²) in [6.45, 7) is 3.05. The Kier molecular flexibility index (Phi) is 5.64. The smallest absolute Gasteiger partial charge is 0.271 e. The number of aromatic hydroxyl groups is 1. The Morgan fingerprint density at radius 3 is 2.57 bits per heavy atom. The molecule has 1 aromatic heterocycles.